The van der Waals surface area contributed by atoms with Crippen molar-refractivity contribution in [3.05, 3.63) is 64.4 Å². The molecule has 1 N–H and O–H groups in total. The number of rotatable bonds is 5. The average Bonchev–Trinajstić information content (AvgIpc) is 2.76. The normalized spacial score (nSPS) is 18.8. The monoisotopic (exact) mass is 404 g/mol. The molecule has 0 unspecified atom stereocenters. The van der Waals surface area contributed by atoms with Gasteiger partial charge >= 0.3 is 0 Å². The van der Waals surface area contributed by atoms with Crippen LogP contribution in [0, 0.1) is 11.8 Å². The molecule has 0 bridgehead atoms. The van der Waals surface area contributed by atoms with Crippen LogP contribution < -0.4 is 10.9 Å². The topological polar surface area (TPSA) is 93.9 Å². The van der Waals surface area contributed by atoms with Crippen LogP contribution in [-0.2, 0) is 11.3 Å². The molecule has 154 valence electrons. The minimum Gasteiger partial charge on any atom is -0.326 e. The molecule has 7 nitrogen and oxygen atoms in total. The first-order valence-corrected chi connectivity index (χ1v) is 10.3. The largest absolute Gasteiger partial charge is 0.326 e. The van der Waals surface area contributed by atoms with Crippen molar-refractivity contribution in [2.45, 2.75) is 39.2 Å². The lowest BCUT2D eigenvalue weighted by atomic mass is 9.81. The SMILES string of the molecule is CC(=O)c1cccc(NC(=O)C2CCC(Cn3nnc4ccccc4c3=O)CC2)c1. The summed E-state index contributed by atoms with van der Waals surface area (Å²) in [6.45, 7) is 2.03. The van der Waals surface area contributed by atoms with Gasteiger partial charge in [0.05, 0.1) is 5.39 Å². The van der Waals surface area contributed by atoms with E-state index in [-0.39, 0.29) is 23.2 Å². The van der Waals surface area contributed by atoms with E-state index < -0.39 is 0 Å². The molecule has 1 saturated carbocycles. The van der Waals surface area contributed by atoms with Gasteiger partial charge in [0.2, 0.25) is 5.91 Å². The van der Waals surface area contributed by atoms with E-state index in [9.17, 15) is 14.4 Å². The predicted octanol–water partition coefficient (Wildman–Crippen LogP) is 3.44. The number of carbonyl (C=O) groups excluding carboxylic acids is 2. The van der Waals surface area contributed by atoms with Crippen LogP contribution in [0.1, 0.15) is 43.0 Å². The van der Waals surface area contributed by atoms with E-state index in [1.54, 1.807) is 36.4 Å². The van der Waals surface area contributed by atoms with E-state index in [0.717, 1.165) is 25.7 Å². The van der Waals surface area contributed by atoms with Crippen molar-refractivity contribution in [1.29, 1.82) is 0 Å². The molecule has 0 aliphatic heterocycles. The van der Waals surface area contributed by atoms with Gasteiger partial charge in [-0.05, 0) is 62.8 Å². The highest BCUT2D eigenvalue weighted by molar-refractivity contribution is 5.97. The first-order chi connectivity index (χ1) is 14.5. The number of nitrogens with zero attached hydrogens (tertiary/aromatic N) is 3. The number of amides is 1. The van der Waals surface area contributed by atoms with E-state index in [2.05, 4.69) is 15.6 Å². The van der Waals surface area contributed by atoms with Crippen LogP contribution in [0.2, 0.25) is 0 Å². The van der Waals surface area contributed by atoms with Crippen LogP contribution in [0.3, 0.4) is 0 Å². The third-order valence-electron chi connectivity index (χ3n) is 5.81. The Morgan fingerprint density at radius 2 is 1.83 bits per heavy atom. The maximum Gasteiger partial charge on any atom is 0.277 e. The summed E-state index contributed by atoms with van der Waals surface area (Å²) in [6.07, 6.45) is 3.23. The number of nitrogens with one attached hydrogen (secondary N) is 1. The summed E-state index contributed by atoms with van der Waals surface area (Å²) in [5, 5.41) is 11.7. The van der Waals surface area contributed by atoms with Crippen LogP contribution in [0.15, 0.2) is 53.3 Å². The first-order valence-electron chi connectivity index (χ1n) is 10.3. The summed E-state index contributed by atoms with van der Waals surface area (Å²) in [5.74, 6) is 0.181. The number of aromatic nitrogens is 3. The zero-order valence-corrected chi connectivity index (χ0v) is 16.9. The summed E-state index contributed by atoms with van der Waals surface area (Å²) in [6, 6.07) is 14.2. The molecule has 3 aromatic rings. The molecular formula is C23H24N4O3. The summed E-state index contributed by atoms with van der Waals surface area (Å²) < 4.78 is 1.45. The van der Waals surface area contributed by atoms with Gasteiger partial charge in [-0.3, -0.25) is 14.4 Å². The minimum absolute atomic E-state index is 0.0168. The van der Waals surface area contributed by atoms with E-state index in [0.29, 0.717) is 34.6 Å². The zero-order valence-electron chi connectivity index (χ0n) is 16.9. The Kier molecular flexibility index (Phi) is 5.70. The van der Waals surface area contributed by atoms with Crippen LogP contribution in [0.4, 0.5) is 5.69 Å². The molecule has 1 aliphatic rings. The summed E-state index contributed by atoms with van der Waals surface area (Å²) in [4.78, 5) is 36.8. The second kappa shape index (κ2) is 8.57. The molecule has 1 aliphatic carbocycles. The van der Waals surface area contributed by atoms with Gasteiger partial charge in [-0.15, -0.1) is 5.10 Å². The number of hydrogen-bond donors (Lipinski definition) is 1. The Morgan fingerprint density at radius 3 is 2.60 bits per heavy atom. The van der Waals surface area contributed by atoms with Crippen LogP contribution >= 0.6 is 0 Å². The van der Waals surface area contributed by atoms with Gasteiger partial charge in [0.25, 0.3) is 5.56 Å². The third kappa shape index (κ3) is 4.30. The molecule has 4 rings (SSSR count). The maximum absolute atomic E-state index is 12.6. The van der Waals surface area contributed by atoms with Gasteiger partial charge in [0.1, 0.15) is 5.52 Å². The van der Waals surface area contributed by atoms with Crippen molar-refractivity contribution in [3.63, 3.8) is 0 Å². The third-order valence-corrected chi connectivity index (χ3v) is 5.81. The predicted molar refractivity (Wildman–Crippen MR) is 114 cm³/mol. The smallest absolute Gasteiger partial charge is 0.277 e. The summed E-state index contributed by atoms with van der Waals surface area (Å²) >= 11 is 0. The Labute approximate surface area is 174 Å². The average molecular weight is 404 g/mol. The molecule has 1 heterocycles. The highest BCUT2D eigenvalue weighted by Crippen LogP contribution is 2.30. The van der Waals surface area contributed by atoms with Gasteiger partial charge in [-0.2, -0.15) is 0 Å². The lowest BCUT2D eigenvalue weighted by Gasteiger charge is -2.27. The number of carbonyl (C=O) groups is 2. The summed E-state index contributed by atoms with van der Waals surface area (Å²) in [7, 11) is 0. The standard InChI is InChI=1S/C23H24N4O3/c1-15(28)18-5-4-6-19(13-18)24-22(29)17-11-9-16(10-12-17)14-27-23(30)20-7-2-3-8-21(20)25-26-27/h2-8,13,16-17H,9-12,14H2,1H3,(H,24,29). The fourth-order valence-electron chi connectivity index (χ4n) is 4.05. The number of hydrogen-bond acceptors (Lipinski definition) is 5. The van der Waals surface area contributed by atoms with Gasteiger partial charge in [-0.25, -0.2) is 4.68 Å². The minimum atomic E-state index is -0.120. The molecule has 0 spiro atoms. The number of fused-ring (bicyclic) bond motifs is 1. The molecule has 30 heavy (non-hydrogen) atoms. The zero-order chi connectivity index (χ0) is 21.1. The van der Waals surface area contributed by atoms with Gasteiger partial charge in [-0.1, -0.05) is 29.5 Å². The van der Waals surface area contributed by atoms with Crippen molar-refractivity contribution in [1.82, 2.24) is 15.0 Å². The van der Waals surface area contributed by atoms with Gasteiger partial charge < -0.3 is 5.32 Å². The van der Waals surface area contributed by atoms with Crippen molar-refractivity contribution < 1.29 is 9.59 Å². The van der Waals surface area contributed by atoms with E-state index in [1.165, 1.54) is 11.6 Å². The Hall–Kier alpha value is -3.35. The van der Waals surface area contributed by atoms with E-state index in [1.807, 2.05) is 12.1 Å². The second-order valence-corrected chi connectivity index (χ2v) is 7.94. The van der Waals surface area contributed by atoms with Crippen molar-refractivity contribution in [2.75, 3.05) is 5.32 Å². The fraction of sp³-hybridized carbons (Fsp3) is 0.348. The Bertz CT molecular complexity index is 1150. The number of Topliss-reactive ketones (excluding diaryl/α,β-unsaturated/α-hetero) is 1. The quantitative estimate of drug-likeness (QED) is 0.658. The van der Waals surface area contributed by atoms with Crippen LogP contribution in [-0.4, -0.2) is 26.7 Å². The number of anilines is 1. The first kappa shape index (κ1) is 19.9. The highest BCUT2D eigenvalue weighted by Gasteiger charge is 2.27. The van der Waals surface area contributed by atoms with Crippen molar-refractivity contribution in [3.8, 4) is 0 Å². The summed E-state index contributed by atoms with van der Waals surface area (Å²) in [5.41, 5.74) is 1.71. The number of ketones is 1. The highest BCUT2D eigenvalue weighted by atomic mass is 16.2. The molecule has 1 amide bonds. The van der Waals surface area contributed by atoms with Crippen molar-refractivity contribution in [2.24, 2.45) is 11.8 Å². The molecule has 0 radical (unpaired) electrons. The molecule has 7 heteroatoms. The van der Waals surface area contributed by atoms with Crippen LogP contribution in [0.5, 0.6) is 0 Å². The maximum atomic E-state index is 12.6. The van der Waals surface area contributed by atoms with Gasteiger partial charge in [0.15, 0.2) is 5.78 Å². The second-order valence-electron chi connectivity index (χ2n) is 7.94. The fourth-order valence-corrected chi connectivity index (χ4v) is 4.05. The van der Waals surface area contributed by atoms with Crippen molar-refractivity contribution >= 4 is 28.3 Å². The Morgan fingerprint density at radius 1 is 1.07 bits per heavy atom. The van der Waals surface area contributed by atoms with Gasteiger partial charge in [0, 0.05) is 23.7 Å². The molecule has 0 saturated heterocycles. The lowest BCUT2D eigenvalue weighted by Crippen LogP contribution is -2.32. The van der Waals surface area contributed by atoms with E-state index in [4.69, 9.17) is 0 Å². The molecular weight excluding hydrogens is 380 g/mol. The van der Waals surface area contributed by atoms with Crippen LogP contribution in [0.25, 0.3) is 10.9 Å². The molecule has 1 aromatic heterocycles. The molecule has 0 atom stereocenters. The number of benzene rings is 2. The lowest BCUT2D eigenvalue weighted by molar-refractivity contribution is -0.121. The van der Waals surface area contributed by atoms with E-state index >= 15 is 0 Å². The molecule has 2 aromatic carbocycles. The Balaban J connectivity index is 1.35. The molecule has 1 fully saturated rings.